The van der Waals surface area contributed by atoms with Gasteiger partial charge in [-0.3, -0.25) is 4.79 Å². The molecule has 0 aliphatic heterocycles. The first-order chi connectivity index (χ1) is 6.08. The second-order valence-electron chi connectivity index (χ2n) is 4.13. The molecule has 1 rings (SSSR count). The second-order valence-corrected chi connectivity index (χ2v) is 4.13. The minimum atomic E-state index is -1.04. The van der Waals surface area contributed by atoms with Crippen molar-refractivity contribution >= 4 is 5.78 Å². The van der Waals surface area contributed by atoms with Crippen LogP contribution in [0, 0.1) is 5.92 Å². The Kier molecular flexibility index (Phi) is 3.26. The number of carbonyl (C=O) groups excluding carboxylic acids is 1. The molecule has 2 heteroatoms. The SMILES string of the molecule is C=CCC(=O)C1(O)CCC(C)CC1. The van der Waals surface area contributed by atoms with Gasteiger partial charge in [0, 0.05) is 6.42 Å². The second kappa shape index (κ2) is 4.05. The minimum absolute atomic E-state index is 0.0607. The molecule has 1 aliphatic carbocycles. The predicted molar refractivity (Wildman–Crippen MR) is 52.4 cm³/mol. The van der Waals surface area contributed by atoms with Crippen molar-refractivity contribution in [2.75, 3.05) is 0 Å². The van der Waals surface area contributed by atoms with Crippen molar-refractivity contribution in [3.63, 3.8) is 0 Å². The van der Waals surface area contributed by atoms with Gasteiger partial charge in [0.25, 0.3) is 0 Å². The van der Waals surface area contributed by atoms with Crippen LogP contribution in [-0.4, -0.2) is 16.5 Å². The third-order valence-corrected chi connectivity index (χ3v) is 2.95. The first-order valence-electron chi connectivity index (χ1n) is 4.95. The fourth-order valence-corrected chi connectivity index (χ4v) is 1.84. The van der Waals surface area contributed by atoms with E-state index in [9.17, 15) is 9.90 Å². The molecule has 0 unspecified atom stereocenters. The highest BCUT2D eigenvalue weighted by Gasteiger charge is 2.37. The standard InChI is InChI=1S/C11H18O2/c1-3-4-10(12)11(13)7-5-9(2)6-8-11/h3,9,13H,1,4-8H2,2H3. The molecule has 0 atom stereocenters. The predicted octanol–water partition coefficient (Wildman–Crippen LogP) is 2.07. The molecule has 0 amide bonds. The van der Waals surface area contributed by atoms with Gasteiger partial charge in [-0.1, -0.05) is 13.0 Å². The summed E-state index contributed by atoms with van der Waals surface area (Å²) in [6, 6.07) is 0. The van der Waals surface area contributed by atoms with Gasteiger partial charge < -0.3 is 5.11 Å². The summed E-state index contributed by atoms with van der Waals surface area (Å²) in [6.45, 7) is 5.67. The zero-order chi connectivity index (χ0) is 9.90. The number of allylic oxidation sites excluding steroid dienone is 1. The Morgan fingerprint density at radius 2 is 2.15 bits per heavy atom. The molecule has 74 valence electrons. The van der Waals surface area contributed by atoms with Crippen LogP contribution in [0.4, 0.5) is 0 Å². The summed E-state index contributed by atoms with van der Waals surface area (Å²) >= 11 is 0. The molecule has 0 radical (unpaired) electrons. The molecule has 1 N–H and O–H groups in total. The summed E-state index contributed by atoms with van der Waals surface area (Å²) in [6.07, 6.45) is 5.03. The molecule has 1 saturated carbocycles. The molecule has 0 spiro atoms. The lowest BCUT2D eigenvalue weighted by atomic mass is 9.76. The molecule has 1 fully saturated rings. The number of rotatable bonds is 3. The quantitative estimate of drug-likeness (QED) is 0.678. The van der Waals surface area contributed by atoms with Crippen molar-refractivity contribution in [3.05, 3.63) is 12.7 Å². The van der Waals surface area contributed by atoms with Crippen molar-refractivity contribution < 1.29 is 9.90 Å². The van der Waals surface area contributed by atoms with Crippen molar-refractivity contribution in [2.24, 2.45) is 5.92 Å². The maximum atomic E-state index is 11.5. The summed E-state index contributed by atoms with van der Waals surface area (Å²) in [5, 5.41) is 9.99. The van der Waals surface area contributed by atoms with Gasteiger partial charge in [-0.2, -0.15) is 0 Å². The largest absolute Gasteiger partial charge is 0.382 e. The van der Waals surface area contributed by atoms with E-state index in [1.54, 1.807) is 6.08 Å². The molecule has 0 saturated heterocycles. The summed E-state index contributed by atoms with van der Waals surface area (Å²) < 4.78 is 0. The molecular formula is C11H18O2. The number of aliphatic hydroxyl groups is 1. The number of ketones is 1. The fourth-order valence-electron chi connectivity index (χ4n) is 1.84. The molecular weight excluding hydrogens is 164 g/mol. The Morgan fingerprint density at radius 3 is 2.62 bits per heavy atom. The fraction of sp³-hybridized carbons (Fsp3) is 0.727. The third-order valence-electron chi connectivity index (χ3n) is 2.95. The highest BCUT2D eigenvalue weighted by Crippen LogP contribution is 2.33. The van der Waals surface area contributed by atoms with Gasteiger partial charge in [0.1, 0.15) is 5.60 Å². The van der Waals surface area contributed by atoms with Crippen LogP contribution in [0.2, 0.25) is 0 Å². The van der Waals surface area contributed by atoms with Crippen molar-refractivity contribution in [2.45, 2.75) is 44.6 Å². The van der Waals surface area contributed by atoms with Gasteiger partial charge >= 0.3 is 0 Å². The summed E-state index contributed by atoms with van der Waals surface area (Å²) in [5.74, 6) is 0.589. The van der Waals surface area contributed by atoms with Gasteiger partial charge in [-0.15, -0.1) is 6.58 Å². The van der Waals surface area contributed by atoms with Crippen LogP contribution in [0.1, 0.15) is 39.0 Å². The lowest BCUT2D eigenvalue weighted by Crippen LogP contribution is -2.41. The van der Waals surface area contributed by atoms with E-state index >= 15 is 0 Å². The van der Waals surface area contributed by atoms with Gasteiger partial charge in [-0.25, -0.2) is 0 Å². The van der Waals surface area contributed by atoms with E-state index in [0.717, 1.165) is 12.8 Å². The highest BCUT2D eigenvalue weighted by atomic mass is 16.3. The summed E-state index contributed by atoms with van der Waals surface area (Å²) in [4.78, 5) is 11.5. The van der Waals surface area contributed by atoms with Crippen LogP contribution in [-0.2, 0) is 4.79 Å². The van der Waals surface area contributed by atoms with Crippen molar-refractivity contribution in [1.29, 1.82) is 0 Å². The zero-order valence-electron chi connectivity index (χ0n) is 8.25. The smallest absolute Gasteiger partial charge is 0.168 e. The highest BCUT2D eigenvalue weighted by molar-refractivity contribution is 5.88. The Hall–Kier alpha value is -0.630. The van der Waals surface area contributed by atoms with E-state index in [1.165, 1.54) is 0 Å². The lowest BCUT2D eigenvalue weighted by Gasteiger charge is -2.33. The van der Waals surface area contributed by atoms with Crippen molar-refractivity contribution in [3.8, 4) is 0 Å². The van der Waals surface area contributed by atoms with E-state index in [4.69, 9.17) is 0 Å². The molecule has 0 heterocycles. The first kappa shape index (κ1) is 10.5. The zero-order valence-corrected chi connectivity index (χ0v) is 8.25. The molecule has 13 heavy (non-hydrogen) atoms. The number of hydrogen-bond donors (Lipinski definition) is 1. The minimum Gasteiger partial charge on any atom is -0.382 e. The van der Waals surface area contributed by atoms with Gasteiger partial charge in [-0.05, 0) is 31.6 Å². The molecule has 2 nitrogen and oxygen atoms in total. The van der Waals surface area contributed by atoms with Crippen LogP contribution < -0.4 is 0 Å². The van der Waals surface area contributed by atoms with Crippen molar-refractivity contribution in [1.82, 2.24) is 0 Å². The molecule has 1 aliphatic rings. The normalized spacial score (nSPS) is 34.2. The van der Waals surface area contributed by atoms with E-state index in [0.29, 0.717) is 25.2 Å². The monoisotopic (exact) mass is 182 g/mol. The third kappa shape index (κ3) is 2.41. The number of hydrogen-bond acceptors (Lipinski definition) is 2. The van der Waals surface area contributed by atoms with Gasteiger partial charge in [0.15, 0.2) is 5.78 Å². The Labute approximate surface area is 79.6 Å². The van der Waals surface area contributed by atoms with Crippen LogP contribution >= 0.6 is 0 Å². The average molecular weight is 182 g/mol. The maximum absolute atomic E-state index is 11.5. The van der Waals surface area contributed by atoms with E-state index in [1.807, 2.05) is 0 Å². The van der Waals surface area contributed by atoms with E-state index in [2.05, 4.69) is 13.5 Å². The molecule has 0 aromatic heterocycles. The van der Waals surface area contributed by atoms with Crippen LogP contribution in [0.5, 0.6) is 0 Å². The average Bonchev–Trinajstić information content (AvgIpc) is 2.11. The Balaban J connectivity index is 2.55. The maximum Gasteiger partial charge on any atom is 0.168 e. The molecule has 0 bridgehead atoms. The Morgan fingerprint density at radius 1 is 1.62 bits per heavy atom. The van der Waals surface area contributed by atoms with Gasteiger partial charge in [0.2, 0.25) is 0 Å². The van der Waals surface area contributed by atoms with Crippen LogP contribution in [0.3, 0.4) is 0 Å². The van der Waals surface area contributed by atoms with E-state index < -0.39 is 5.60 Å². The Bertz CT molecular complexity index is 200. The summed E-state index contributed by atoms with van der Waals surface area (Å²) in [5.41, 5.74) is -1.04. The number of Topliss-reactive ketones (excluding diaryl/α,β-unsaturated/α-hetero) is 1. The lowest BCUT2D eigenvalue weighted by molar-refractivity contribution is -0.140. The van der Waals surface area contributed by atoms with E-state index in [-0.39, 0.29) is 5.78 Å². The van der Waals surface area contributed by atoms with Crippen LogP contribution in [0.15, 0.2) is 12.7 Å². The molecule has 0 aromatic carbocycles. The van der Waals surface area contributed by atoms with Crippen LogP contribution in [0.25, 0.3) is 0 Å². The first-order valence-corrected chi connectivity index (χ1v) is 4.95. The van der Waals surface area contributed by atoms with Gasteiger partial charge in [0.05, 0.1) is 0 Å². The number of carbonyl (C=O) groups is 1. The summed E-state index contributed by atoms with van der Waals surface area (Å²) in [7, 11) is 0. The molecule has 0 aromatic rings. The topological polar surface area (TPSA) is 37.3 Å².